The molecule has 5 rings (SSSR count). The van der Waals surface area contributed by atoms with E-state index in [0.717, 1.165) is 40.1 Å². The molecule has 0 bridgehead atoms. The first-order valence-corrected chi connectivity index (χ1v) is 11.5. The molecule has 1 aliphatic heterocycles. The van der Waals surface area contributed by atoms with Crippen molar-refractivity contribution in [1.82, 2.24) is 4.98 Å². The summed E-state index contributed by atoms with van der Waals surface area (Å²) in [5.41, 5.74) is 5.14. The van der Waals surface area contributed by atoms with E-state index < -0.39 is 17.6 Å². The van der Waals surface area contributed by atoms with E-state index in [9.17, 15) is 18.7 Å². The fraction of sp³-hybridized carbons (Fsp3) is 0.172. The molecule has 1 atom stereocenters. The summed E-state index contributed by atoms with van der Waals surface area (Å²) in [6.07, 6.45) is 4.89. The molecular weight excluding hydrogens is 471 g/mol. The van der Waals surface area contributed by atoms with Crippen molar-refractivity contribution in [2.75, 3.05) is 0 Å². The molecule has 0 amide bonds. The van der Waals surface area contributed by atoms with E-state index in [-0.39, 0.29) is 41.9 Å². The third-order valence-corrected chi connectivity index (χ3v) is 6.30. The Bertz CT molecular complexity index is 1450. The molecule has 1 aromatic heterocycles. The predicted octanol–water partition coefficient (Wildman–Crippen LogP) is 2.63. The minimum Gasteiger partial charge on any atom is -0.550 e. The fourth-order valence-corrected chi connectivity index (χ4v) is 4.57. The molecule has 0 saturated carbocycles. The van der Waals surface area contributed by atoms with Crippen molar-refractivity contribution in [3.8, 4) is 5.75 Å². The van der Waals surface area contributed by atoms with Gasteiger partial charge >= 0.3 is 29.6 Å². The van der Waals surface area contributed by atoms with Crippen molar-refractivity contribution in [2.24, 2.45) is 0 Å². The Balaban J connectivity index is 0.00000304. The van der Waals surface area contributed by atoms with Crippen LogP contribution < -0.4 is 39.4 Å². The van der Waals surface area contributed by atoms with Crippen LogP contribution in [0.4, 0.5) is 8.78 Å². The van der Waals surface area contributed by atoms with Gasteiger partial charge in [-0.15, -0.1) is 0 Å². The van der Waals surface area contributed by atoms with Gasteiger partial charge in [-0.2, -0.15) is 0 Å². The third-order valence-electron chi connectivity index (χ3n) is 6.30. The fourth-order valence-electron chi connectivity index (χ4n) is 4.57. The number of pyridine rings is 1. The molecule has 0 fully saturated rings. The van der Waals surface area contributed by atoms with Crippen LogP contribution >= 0.6 is 0 Å². The number of carbonyl (C=O) groups is 1. The second kappa shape index (κ2) is 11.3. The first-order valence-electron chi connectivity index (χ1n) is 11.5. The van der Waals surface area contributed by atoms with Crippen LogP contribution in [-0.4, -0.2) is 11.0 Å². The predicted molar refractivity (Wildman–Crippen MR) is 129 cm³/mol. The maximum atomic E-state index is 13.6. The molecule has 2 heterocycles. The molecule has 1 aliphatic rings. The largest absolute Gasteiger partial charge is 1.00 e. The normalized spacial score (nSPS) is 14.4. The quantitative estimate of drug-likeness (QED) is 0.388. The number of hydrogen-bond acceptors (Lipinski definition) is 4. The van der Waals surface area contributed by atoms with Crippen molar-refractivity contribution in [1.29, 1.82) is 0 Å². The smallest absolute Gasteiger partial charge is 0.550 e. The maximum Gasteiger partial charge on any atom is 1.00 e. The van der Waals surface area contributed by atoms with Crippen LogP contribution in [0.2, 0.25) is 0 Å². The minimum atomic E-state index is -1.05. The summed E-state index contributed by atoms with van der Waals surface area (Å²) >= 11 is 0. The van der Waals surface area contributed by atoms with E-state index in [2.05, 4.69) is 11.1 Å². The molecule has 4 nitrogen and oxygen atoms in total. The molecule has 0 saturated heterocycles. The van der Waals surface area contributed by atoms with Gasteiger partial charge in [0.1, 0.15) is 12.4 Å². The van der Waals surface area contributed by atoms with Crippen LogP contribution in [0.15, 0.2) is 66.7 Å². The van der Waals surface area contributed by atoms with Crippen LogP contribution in [-0.2, 0) is 11.4 Å². The number of hydrogen-bond donors (Lipinski definition) is 0. The number of benzene rings is 3. The number of carboxylic acid groups (broad SMARTS) is 1. The molecule has 36 heavy (non-hydrogen) atoms. The monoisotopic (exact) mass is 493 g/mol. The van der Waals surface area contributed by atoms with Crippen molar-refractivity contribution < 1.29 is 53.0 Å². The SMILES string of the molecule is O=C([O-])CCCC1c2ccccc2COc2ccc(C=Cc3ccc4cc(F)c(F)cc4n3)cc21.[Na+]. The van der Waals surface area contributed by atoms with Gasteiger partial charge < -0.3 is 14.6 Å². The molecule has 0 aliphatic carbocycles. The van der Waals surface area contributed by atoms with Crippen LogP contribution in [0.25, 0.3) is 23.1 Å². The summed E-state index contributed by atoms with van der Waals surface area (Å²) in [5, 5.41) is 11.5. The van der Waals surface area contributed by atoms with Crippen molar-refractivity contribution in [3.63, 3.8) is 0 Å². The van der Waals surface area contributed by atoms with Crippen molar-refractivity contribution >= 4 is 29.0 Å². The van der Waals surface area contributed by atoms with Gasteiger partial charge in [0.25, 0.3) is 0 Å². The van der Waals surface area contributed by atoms with Crippen molar-refractivity contribution in [3.05, 3.63) is 106 Å². The van der Waals surface area contributed by atoms with E-state index in [1.165, 1.54) is 0 Å². The summed E-state index contributed by atoms with van der Waals surface area (Å²) in [7, 11) is 0. The molecule has 7 heteroatoms. The minimum absolute atomic E-state index is 0. The van der Waals surface area contributed by atoms with E-state index >= 15 is 0 Å². The number of fused-ring (bicyclic) bond motifs is 3. The topological polar surface area (TPSA) is 62.2 Å². The number of aliphatic carboxylic acids is 1. The van der Waals surface area contributed by atoms with E-state index in [1.54, 1.807) is 12.1 Å². The van der Waals surface area contributed by atoms with Crippen LogP contribution in [0.1, 0.15) is 53.1 Å². The molecule has 4 aromatic rings. The van der Waals surface area contributed by atoms with Gasteiger partial charge in [-0.1, -0.05) is 42.5 Å². The van der Waals surface area contributed by atoms with Gasteiger partial charge in [0.2, 0.25) is 0 Å². The average Bonchev–Trinajstić information content (AvgIpc) is 3.00. The van der Waals surface area contributed by atoms with Gasteiger partial charge in [-0.25, -0.2) is 13.8 Å². The third kappa shape index (κ3) is 5.67. The molecule has 176 valence electrons. The number of carbonyl (C=O) groups excluding carboxylic acids is 1. The van der Waals surface area contributed by atoms with Gasteiger partial charge in [-0.05, 0) is 66.3 Å². The number of carboxylic acids is 1. The van der Waals surface area contributed by atoms with E-state index in [4.69, 9.17) is 4.74 Å². The first-order chi connectivity index (χ1) is 17.0. The Morgan fingerprint density at radius 2 is 1.81 bits per heavy atom. The second-order valence-corrected chi connectivity index (χ2v) is 8.63. The maximum absolute atomic E-state index is 13.6. The zero-order chi connectivity index (χ0) is 24.4. The summed E-state index contributed by atoms with van der Waals surface area (Å²) < 4.78 is 33.2. The standard InChI is InChI=1S/C29H23F2NO3.Na/c30-25-15-19-10-12-21(32-27(19)16-26(25)31)11-8-18-9-13-28-24(14-18)23(6-3-7-29(33)34)22-5-2-1-4-20(22)17-35-28;/h1-2,4-5,8-16,23H,3,6-7,17H2,(H,33,34);/q;+1/p-1. The molecule has 1 unspecified atom stereocenters. The summed E-state index contributed by atoms with van der Waals surface area (Å²) in [4.78, 5) is 15.4. The zero-order valence-electron chi connectivity index (χ0n) is 19.8. The Kier molecular flexibility index (Phi) is 8.19. The summed E-state index contributed by atoms with van der Waals surface area (Å²) in [6.45, 7) is 0.452. The van der Waals surface area contributed by atoms with Crippen LogP contribution in [0.3, 0.4) is 0 Å². The second-order valence-electron chi connectivity index (χ2n) is 8.63. The van der Waals surface area contributed by atoms with Crippen LogP contribution in [0.5, 0.6) is 5.75 Å². The van der Waals surface area contributed by atoms with Gasteiger partial charge in [-0.3, -0.25) is 0 Å². The molecule has 0 radical (unpaired) electrons. The van der Waals surface area contributed by atoms with Gasteiger partial charge in [0.05, 0.1) is 11.2 Å². The van der Waals surface area contributed by atoms with Crippen molar-refractivity contribution in [2.45, 2.75) is 31.8 Å². The summed E-state index contributed by atoms with van der Waals surface area (Å²) in [6, 6.07) is 19.7. The molecule has 3 aromatic carbocycles. The average molecular weight is 493 g/mol. The first kappa shape index (κ1) is 26.0. The number of aromatic nitrogens is 1. The number of ether oxygens (including phenoxy) is 1. The molecular formula is C29H22F2NNaO3. The molecule has 0 N–H and O–H groups in total. The Labute approximate surface area is 229 Å². The van der Waals surface area contributed by atoms with Gasteiger partial charge in [0, 0.05) is 28.9 Å². The Morgan fingerprint density at radius 1 is 1.00 bits per heavy atom. The van der Waals surface area contributed by atoms with E-state index in [1.807, 2.05) is 48.6 Å². The van der Waals surface area contributed by atoms with E-state index in [0.29, 0.717) is 36.0 Å². The number of halogens is 2. The van der Waals surface area contributed by atoms with Crippen LogP contribution in [0, 0.1) is 11.6 Å². The molecule has 0 spiro atoms. The summed E-state index contributed by atoms with van der Waals surface area (Å²) in [5.74, 6) is -2.11. The number of nitrogens with zero attached hydrogens (tertiary/aromatic N) is 1. The van der Waals surface area contributed by atoms with Gasteiger partial charge in [0.15, 0.2) is 11.6 Å². The zero-order valence-corrected chi connectivity index (χ0v) is 21.8. The Morgan fingerprint density at radius 3 is 2.64 bits per heavy atom. The number of rotatable bonds is 6. The Hall–Kier alpha value is -3.06.